The molecule has 24 heavy (non-hydrogen) atoms. The van der Waals surface area contributed by atoms with Gasteiger partial charge in [-0.1, -0.05) is 11.6 Å². The Kier molecular flexibility index (Phi) is 4.38. The zero-order valence-electron chi connectivity index (χ0n) is 12.9. The molecule has 0 aliphatic carbocycles. The lowest BCUT2D eigenvalue weighted by molar-refractivity contribution is -0.605. The lowest BCUT2D eigenvalue weighted by atomic mass is 10.0. The van der Waals surface area contributed by atoms with Gasteiger partial charge in [0.1, 0.15) is 6.10 Å². The smallest absolute Gasteiger partial charge is 0.209 e. The van der Waals surface area contributed by atoms with E-state index in [-0.39, 0.29) is 5.78 Å². The van der Waals surface area contributed by atoms with Crippen LogP contribution >= 0.6 is 11.6 Å². The Morgan fingerprint density at radius 2 is 1.79 bits per heavy atom. The molecule has 0 bridgehead atoms. The van der Waals surface area contributed by atoms with Crippen molar-refractivity contribution < 1.29 is 14.6 Å². The van der Waals surface area contributed by atoms with Crippen molar-refractivity contribution in [2.75, 3.05) is 0 Å². The van der Waals surface area contributed by atoms with Crippen LogP contribution in [0.5, 0.6) is 0 Å². The summed E-state index contributed by atoms with van der Waals surface area (Å²) in [5.74, 6) is -0.155. The third-order valence-electron chi connectivity index (χ3n) is 3.82. The number of carbonyl (C=O) groups is 1. The highest BCUT2D eigenvalue weighted by Gasteiger charge is 2.19. The van der Waals surface area contributed by atoms with Gasteiger partial charge in [0.2, 0.25) is 5.78 Å². The monoisotopic (exact) mass is 342 g/mol. The summed E-state index contributed by atoms with van der Waals surface area (Å²) in [7, 11) is 1.75. The van der Waals surface area contributed by atoms with Crippen molar-refractivity contribution in [2.24, 2.45) is 7.05 Å². The van der Waals surface area contributed by atoms with Crippen LogP contribution in [0.25, 0.3) is 0 Å². The first-order valence-corrected chi connectivity index (χ1v) is 7.67. The minimum absolute atomic E-state index is 0.155. The fourth-order valence-corrected chi connectivity index (χ4v) is 2.64. The lowest BCUT2D eigenvalue weighted by Crippen LogP contribution is -2.24. The Bertz CT molecular complexity index is 870. The molecule has 3 aromatic rings. The van der Waals surface area contributed by atoms with E-state index in [4.69, 9.17) is 11.6 Å². The van der Waals surface area contributed by atoms with Gasteiger partial charge in [0, 0.05) is 41.5 Å². The molecule has 5 nitrogen and oxygen atoms in total. The van der Waals surface area contributed by atoms with Crippen molar-refractivity contribution >= 4 is 17.4 Å². The number of halogens is 1. The number of carbonyl (C=O) groups excluding carboxylic acids is 1. The second-order valence-corrected chi connectivity index (χ2v) is 5.94. The summed E-state index contributed by atoms with van der Waals surface area (Å²) in [5.41, 5.74) is 2.14. The number of hydrogen-bond acceptors (Lipinski definition) is 3. The average Bonchev–Trinajstić information content (AvgIpc) is 2.97. The SMILES string of the molecule is Cn1cc(C(O)c2cc[n+]([O-])cc2)cc1C(=O)c1ccc(Cl)cc1. The van der Waals surface area contributed by atoms with Crippen LogP contribution < -0.4 is 4.73 Å². The third-order valence-corrected chi connectivity index (χ3v) is 4.08. The fourth-order valence-electron chi connectivity index (χ4n) is 2.51. The molecule has 3 rings (SSSR count). The van der Waals surface area contributed by atoms with Gasteiger partial charge in [0.15, 0.2) is 12.4 Å². The minimum atomic E-state index is -0.913. The van der Waals surface area contributed by atoms with Gasteiger partial charge in [-0.3, -0.25) is 4.79 Å². The fraction of sp³-hybridized carbons (Fsp3) is 0.111. The summed E-state index contributed by atoms with van der Waals surface area (Å²) < 4.78 is 2.32. The van der Waals surface area contributed by atoms with Gasteiger partial charge in [-0.15, -0.1) is 0 Å². The maximum atomic E-state index is 12.6. The molecule has 1 aromatic carbocycles. The van der Waals surface area contributed by atoms with Gasteiger partial charge in [0.05, 0.1) is 5.69 Å². The van der Waals surface area contributed by atoms with Crippen LogP contribution in [0.15, 0.2) is 61.1 Å². The predicted octanol–water partition coefficient (Wildman–Crippen LogP) is 2.62. The first-order chi connectivity index (χ1) is 11.5. The standard InChI is InChI=1S/C18H15ClN2O3/c1-20-11-14(17(22)13-6-8-21(24)9-7-13)10-16(20)18(23)12-2-4-15(19)5-3-12/h2-11,17,22H,1H3. The molecule has 1 unspecified atom stereocenters. The van der Waals surface area contributed by atoms with E-state index in [0.29, 0.717) is 32.1 Å². The van der Waals surface area contributed by atoms with E-state index in [1.54, 1.807) is 60.3 Å². The number of hydrogen-bond donors (Lipinski definition) is 1. The molecular formula is C18H15ClN2O3. The van der Waals surface area contributed by atoms with Gasteiger partial charge >= 0.3 is 0 Å². The van der Waals surface area contributed by atoms with Crippen molar-refractivity contribution in [3.8, 4) is 0 Å². The van der Waals surface area contributed by atoms with Crippen LogP contribution in [0, 0.1) is 5.21 Å². The topological polar surface area (TPSA) is 69.2 Å². The molecule has 0 aliphatic heterocycles. The Morgan fingerprint density at radius 1 is 1.17 bits per heavy atom. The van der Waals surface area contributed by atoms with Crippen molar-refractivity contribution in [2.45, 2.75) is 6.10 Å². The largest absolute Gasteiger partial charge is 0.619 e. The molecule has 0 saturated carbocycles. The first kappa shape index (κ1) is 16.2. The van der Waals surface area contributed by atoms with Gasteiger partial charge < -0.3 is 14.9 Å². The van der Waals surface area contributed by atoms with E-state index in [1.165, 1.54) is 12.4 Å². The van der Waals surface area contributed by atoms with Crippen LogP contribution in [-0.4, -0.2) is 15.5 Å². The third kappa shape index (κ3) is 3.18. The normalized spacial score (nSPS) is 12.1. The van der Waals surface area contributed by atoms with Crippen LogP contribution in [0.2, 0.25) is 5.02 Å². The predicted molar refractivity (Wildman–Crippen MR) is 89.8 cm³/mol. The molecule has 0 fully saturated rings. The molecule has 2 aromatic heterocycles. The molecule has 2 heterocycles. The Hall–Kier alpha value is -2.63. The van der Waals surface area contributed by atoms with Crippen LogP contribution in [0.4, 0.5) is 0 Å². The summed E-state index contributed by atoms with van der Waals surface area (Å²) >= 11 is 5.84. The number of nitrogens with zero attached hydrogens (tertiary/aromatic N) is 2. The Morgan fingerprint density at radius 3 is 2.42 bits per heavy atom. The van der Waals surface area contributed by atoms with Crippen molar-refractivity contribution in [3.63, 3.8) is 0 Å². The summed E-state index contributed by atoms with van der Waals surface area (Å²) in [5, 5.41) is 22.1. The van der Waals surface area contributed by atoms with E-state index in [9.17, 15) is 15.1 Å². The van der Waals surface area contributed by atoms with Gasteiger partial charge in [-0.25, -0.2) is 0 Å². The second-order valence-electron chi connectivity index (χ2n) is 5.50. The van der Waals surface area contributed by atoms with Crippen LogP contribution in [0.3, 0.4) is 0 Å². The van der Waals surface area contributed by atoms with E-state index >= 15 is 0 Å². The number of ketones is 1. The lowest BCUT2D eigenvalue weighted by Gasteiger charge is -2.08. The number of aromatic nitrogens is 2. The number of pyridine rings is 1. The molecule has 1 N–H and O–H groups in total. The first-order valence-electron chi connectivity index (χ1n) is 7.29. The van der Waals surface area contributed by atoms with E-state index in [0.717, 1.165) is 0 Å². The molecule has 0 saturated heterocycles. The molecule has 1 atom stereocenters. The highest BCUT2D eigenvalue weighted by molar-refractivity contribution is 6.30. The van der Waals surface area contributed by atoms with E-state index in [2.05, 4.69) is 0 Å². The molecule has 0 spiro atoms. The second kappa shape index (κ2) is 6.47. The Labute approximate surface area is 143 Å². The molecule has 0 amide bonds. The van der Waals surface area contributed by atoms with E-state index < -0.39 is 6.10 Å². The maximum Gasteiger partial charge on any atom is 0.209 e. The number of aliphatic hydroxyl groups is 1. The number of benzene rings is 1. The average molecular weight is 343 g/mol. The zero-order chi connectivity index (χ0) is 17.3. The van der Waals surface area contributed by atoms with E-state index in [1.807, 2.05) is 0 Å². The zero-order valence-corrected chi connectivity index (χ0v) is 13.6. The van der Waals surface area contributed by atoms with Crippen molar-refractivity contribution in [1.82, 2.24) is 4.57 Å². The molecule has 122 valence electrons. The van der Waals surface area contributed by atoms with Gasteiger partial charge in [-0.05, 0) is 35.9 Å². The van der Waals surface area contributed by atoms with Gasteiger partial charge in [0.25, 0.3) is 0 Å². The highest BCUT2D eigenvalue weighted by atomic mass is 35.5. The molecular weight excluding hydrogens is 328 g/mol. The maximum absolute atomic E-state index is 12.6. The number of aryl methyl sites for hydroxylation is 1. The summed E-state index contributed by atoms with van der Waals surface area (Å²) in [6.07, 6.45) is 3.43. The summed E-state index contributed by atoms with van der Waals surface area (Å²) in [6.45, 7) is 0. The Balaban J connectivity index is 1.90. The summed E-state index contributed by atoms with van der Waals surface area (Å²) in [6, 6.07) is 11.4. The van der Waals surface area contributed by atoms with Crippen molar-refractivity contribution in [1.29, 1.82) is 0 Å². The number of aliphatic hydroxyl groups excluding tert-OH is 1. The molecule has 0 radical (unpaired) electrons. The van der Waals surface area contributed by atoms with Crippen molar-refractivity contribution in [3.05, 3.63) is 93.7 Å². The summed E-state index contributed by atoms with van der Waals surface area (Å²) in [4.78, 5) is 12.6. The number of rotatable bonds is 4. The molecule has 0 aliphatic rings. The highest BCUT2D eigenvalue weighted by Crippen LogP contribution is 2.24. The minimum Gasteiger partial charge on any atom is -0.619 e. The quantitative estimate of drug-likeness (QED) is 0.450. The van der Waals surface area contributed by atoms with Gasteiger partial charge in [-0.2, -0.15) is 4.73 Å². The van der Waals surface area contributed by atoms with Crippen LogP contribution in [-0.2, 0) is 7.05 Å². The van der Waals surface area contributed by atoms with Crippen LogP contribution in [0.1, 0.15) is 33.3 Å². The molecule has 6 heteroatoms.